The van der Waals surface area contributed by atoms with Gasteiger partial charge in [0.15, 0.2) is 0 Å². The summed E-state index contributed by atoms with van der Waals surface area (Å²) in [5, 5.41) is 3.12. The minimum absolute atomic E-state index is 0.240. The molecule has 1 fully saturated rings. The number of anilines is 1. The predicted molar refractivity (Wildman–Crippen MR) is 60.2 cm³/mol. The largest absolute Gasteiger partial charge is 0.448 e. The number of aromatic nitrogens is 1. The third-order valence-corrected chi connectivity index (χ3v) is 2.40. The summed E-state index contributed by atoms with van der Waals surface area (Å²) in [6.45, 7) is 4.59. The fourth-order valence-electron chi connectivity index (χ4n) is 1.59. The van der Waals surface area contributed by atoms with Gasteiger partial charge in [0, 0.05) is 12.7 Å². The Morgan fingerprint density at radius 3 is 3.00 bits per heavy atom. The van der Waals surface area contributed by atoms with Crippen LogP contribution in [0.3, 0.4) is 0 Å². The molecule has 0 atom stereocenters. The van der Waals surface area contributed by atoms with Crippen molar-refractivity contribution in [2.75, 3.05) is 25.0 Å². The average molecular weight is 221 g/mol. The summed E-state index contributed by atoms with van der Waals surface area (Å²) in [5.41, 5.74) is 1.01. The van der Waals surface area contributed by atoms with E-state index in [-0.39, 0.29) is 6.09 Å². The van der Waals surface area contributed by atoms with E-state index in [4.69, 9.17) is 4.74 Å². The first-order valence-corrected chi connectivity index (χ1v) is 5.40. The molecular formula is C11H15N3O2. The first kappa shape index (κ1) is 10.7. The standard InChI is InChI=1S/C11H15N3O2/c1-2-12-10-4-3-9(7-13-10)8-14-5-6-16-11(14)15/h3-4,7H,2,5-6,8H2,1H3,(H,12,13). The van der Waals surface area contributed by atoms with Crippen molar-refractivity contribution >= 4 is 11.9 Å². The zero-order valence-electron chi connectivity index (χ0n) is 9.27. The second kappa shape index (κ2) is 4.83. The lowest BCUT2D eigenvalue weighted by atomic mass is 10.2. The van der Waals surface area contributed by atoms with Gasteiger partial charge in [-0.25, -0.2) is 9.78 Å². The number of carbonyl (C=O) groups excluding carboxylic acids is 1. The lowest BCUT2D eigenvalue weighted by Gasteiger charge is -2.12. The van der Waals surface area contributed by atoms with Crippen molar-refractivity contribution < 1.29 is 9.53 Å². The van der Waals surface area contributed by atoms with Crippen LogP contribution >= 0.6 is 0 Å². The number of cyclic esters (lactones) is 1. The van der Waals surface area contributed by atoms with Gasteiger partial charge in [-0.1, -0.05) is 6.07 Å². The number of nitrogens with one attached hydrogen (secondary N) is 1. The third-order valence-electron chi connectivity index (χ3n) is 2.40. The highest BCUT2D eigenvalue weighted by molar-refractivity contribution is 5.69. The Morgan fingerprint density at radius 2 is 2.44 bits per heavy atom. The van der Waals surface area contributed by atoms with Gasteiger partial charge in [-0.2, -0.15) is 0 Å². The molecule has 86 valence electrons. The van der Waals surface area contributed by atoms with Crippen molar-refractivity contribution in [3.05, 3.63) is 23.9 Å². The van der Waals surface area contributed by atoms with E-state index in [1.54, 1.807) is 11.1 Å². The number of hydrogen-bond donors (Lipinski definition) is 1. The van der Waals surface area contributed by atoms with Crippen LogP contribution in [0.25, 0.3) is 0 Å². The van der Waals surface area contributed by atoms with Crippen molar-refractivity contribution in [1.82, 2.24) is 9.88 Å². The molecule has 0 unspecified atom stereocenters. The van der Waals surface area contributed by atoms with Gasteiger partial charge in [0.25, 0.3) is 0 Å². The molecule has 1 aliphatic heterocycles. The molecule has 16 heavy (non-hydrogen) atoms. The number of ether oxygens (including phenoxy) is 1. The van der Waals surface area contributed by atoms with Gasteiger partial charge in [-0.05, 0) is 18.6 Å². The molecule has 1 aromatic heterocycles. The molecule has 0 aromatic carbocycles. The van der Waals surface area contributed by atoms with Crippen LogP contribution in [0, 0.1) is 0 Å². The number of pyridine rings is 1. The molecule has 2 heterocycles. The predicted octanol–water partition coefficient (Wildman–Crippen LogP) is 1.47. The van der Waals surface area contributed by atoms with Crippen LogP contribution in [0.2, 0.25) is 0 Å². The molecule has 5 heteroatoms. The van der Waals surface area contributed by atoms with Crippen molar-refractivity contribution in [1.29, 1.82) is 0 Å². The Labute approximate surface area is 94.4 Å². The molecule has 1 aromatic rings. The van der Waals surface area contributed by atoms with Crippen molar-refractivity contribution in [2.24, 2.45) is 0 Å². The molecule has 1 saturated heterocycles. The molecule has 0 spiro atoms. The molecule has 0 bridgehead atoms. The minimum Gasteiger partial charge on any atom is -0.448 e. The van der Waals surface area contributed by atoms with Crippen molar-refractivity contribution in [3.8, 4) is 0 Å². The average Bonchev–Trinajstić information content (AvgIpc) is 2.68. The van der Waals surface area contributed by atoms with Gasteiger partial charge in [-0.15, -0.1) is 0 Å². The van der Waals surface area contributed by atoms with Crippen LogP contribution in [-0.2, 0) is 11.3 Å². The Morgan fingerprint density at radius 1 is 1.56 bits per heavy atom. The maximum Gasteiger partial charge on any atom is 0.410 e. The fraction of sp³-hybridized carbons (Fsp3) is 0.455. The monoisotopic (exact) mass is 221 g/mol. The summed E-state index contributed by atoms with van der Waals surface area (Å²) >= 11 is 0. The van der Waals surface area contributed by atoms with E-state index in [9.17, 15) is 4.79 Å². The molecule has 0 aliphatic carbocycles. The second-order valence-electron chi connectivity index (χ2n) is 3.62. The highest BCUT2D eigenvalue weighted by Crippen LogP contribution is 2.11. The smallest absolute Gasteiger partial charge is 0.410 e. The zero-order chi connectivity index (χ0) is 11.4. The second-order valence-corrected chi connectivity index (χ2v) is 3.62. The van der Waals surface area contributed by atoms with Crippen molar-refractivity contribution in [3.63, 3.8) is 0 Å². The Bertz CT molecular complexity index is 364. The molecular weight excluding hydrogens is 206 g/mol. The first-order valence-electron chi connectivity index (χ1n) is 5.40. The van der Waals surface area contributed by atoms with Gasteiger partial charge in [-0.3, -0.25) is 0 Å². The van der Waals surface area contributed by atoms with Gasteiger partial charge < -0.3 is 15.0 Å². The molecule has 5 nitrogen and oxygen atoms in total. The number of amides is 1. The first-order chi connectivity index (χ1) is 7.79. The SMILES string of the molecule is CCNc1ccc(CN2CCOC2=O)cn1. The van der Waals surface area contributed by atoms with Crippen LogP contribution < -0.4 is 5.32 Å². The van der Waals surface area contributed by atoms with E-state index in [1.165, 1.54) is 0 Å². The van der Waals surface area contributed by atoms with E-state index >= 15 is 0 Å². The number of carbonyl (C=O) groups is 1. The third kappa shape index (κ3) is 2.42. The maximum absolute atomic E-state index is 11.2. The van der Waals surface area contributed by atoms with Crippen LogP contribution in [0.5, 0.6) is 0 Å². The number of nitrogens with zero attached hydrogens (tertiary/aromatic N) is 2. The summed E-state index contributed by atoms with van der Waals surface area (Å²) in [6.07, 6.45) is 1.54. The summed E-state index contributed by atoms with van der Waals surface area (Å²) in [5.74, 6) is 0.857. The quantitative estimate of drug-likeness (QED) is 0.836. The summed E-state index contributed by atoms with van der Waals surface area (Å²) < 4.78 is 4.85. The molecule has 1 amide bonds. The topological polar surface area (TPSA) is 54.5 Å². The van der Waals surface area contributed by atoms with Crippen LogP contribution in [0.4, 0.5) is 10.6 Å². The van der Waals surface area contributed by atoms with E-state index in [1.807, 2.05) is 19.1 Å². The van der Waals surface area contributed by atoms with E-state index in [0.717, 1.165) is 17.9 Å². The molecule has 0 saturated carbocycles. The van der Waals surface area contributed by atoms with E-state index in [2.05, 4.69) is 10.3 Å². The fourth-order valence-corrected chi connectivity index (χ4v) is 1.59. The summed E-state index contributed by atoms with van der Waals surface area (Å²) in [6, 6.07) is 3.89. The van der Waals surface area contributed by atoms with Gasteiger partial charge in [0.1, 0.15) is 12.4 Å². The summed E-state index contributed by atoms with van der Waals surface area (Å²) in [7, 11) is 0. The zero-order valence-corrected chi connectivity index (χ0v) is 9.27. The van der Waals surface area contributed by atoms with E-state index in [0.29, 0.717) is 19.7 Å². The normalized spacial score (nSPS) is 15.1. The Balaban J connectivity index is 1.96. The summed E-state index contributed by atoms with van der Waals surface area (Å²) in [4.78, 5) is 17.1. The van der Waals surface area contributed by atoms with Crippen molar-refractivity contribution in [2.45, 2.75) is 13.5 Å². The van der Waals surface area contributed by atoms with Crippen LogP contribution in [0.15, 0.2) is 18.3 Å². The molecule has 1 N–H and O–H groups in total. The highest BCUT2D eigenvalue weighted by Gasteiger charge is 2.21. The molecule has 2 rings (SSSR count). The van der Waals surface area contributed by atoms with Crippen LogP contribution in [-0.4, -0.2) is 35.7 Å². The highest BCUT2D eigenvalue weighted by atomic mass is 16.6. The number of rotatable bonds is 4. The lowest BCUT2D eigenvalue weighted by molar-refractivity contribution is 0.157. The Hall–Kier alpha value is -1.78. The Kier molecular flexibility index (Phi) is 3.24. The minimum atomic E-state index is -0.240. The van der Waals surface area contributed by atoms with Gasteiger partial charge in [0.05, 0.1) is 13.1 Å². The lowest BCUT2D eigenvalue weighted by Crippen LogP contribution is -2.23. The van der Waals surface area contributed by atoms with Gasteiger partial charge in [0.2, 0.25) is 0 Å². The molecule has 1 aliphatic rings. The maximum atomic E-state index is 11.2. The van der Waals surface area contributed by atoms with Gasteiger partial charge >= 0.3 is 6.09 Å². The molecule has 0 radical (unpaired) electrons. The van der Waals surface area contributed by atoms with Crippen LogP contribution in [0.1, 0.15) is 12.5 Å². The number of hydrogen-bond acceptors (Lipinski definition) is 4. The van der Waals surface area contributed by atoms with E-state index < -0.39 is 0 Å².